The summed E-state index contributed by atoms with van der Waals surface area (Å²) in [5.41, 5.74) is 16.5. The van der Waals surface area contributed by atoms with Crippen LogP contribution >= 0.6 is 0 Å². The molecule has 0 aromatic heterocycles. The van der Waals surface area contributed by atoms with Crippen LogP contribution in [-0.2, 0) is 19.2 Å². The first-order chi connectivity index (χ1) is 15.8. The molecule has 196 valence electrons. The smallest absolute Gasteiger partial charge is 0.326 e. The highest BCUT2D eigenvalue weighted by molar-refractivity contribution is 5.94. The third-order valence-corrected chi connectivity index (χ3v) is 5.28. The van der Waals surface area contributed by atoms with Crippen LogP contribution in [0.3, 0.4) is 0 Å². The van der Waals surface area contributed by atoms with E-state index in [1.54, 1.807) is 6.92 Å². The molecule has 0 aliphatic heterocycles. The minimum Gasteiger partial charge on any atom is -0.480 e. The predicted octanol–water partition coefficient (Wildman–Crippen LogP) is -2.01. The maximum atomic E-state index is 12.8. The first-order valence-corrected chi connectivity index (χ1v) is 11.4. The van der Waals surface area contributed by atoms with Crippen LogP contribution in [0.1, 0.15) is 53.4 Å². The number of carbonyl (C=O) groups excluding carboxylic acids is 3. The van der Waals surface area contributed by atoms with E-state index < -0.39 is 54.5 Å². The van der Waals surface area contributed by atoms with Gasteiger partial charge in [-0.15, -0.1) is 0 Å². The number of aliphatic carboxylic acids is 1. The van der Waals surface area contributed by atoms with Crippen molar-refractivity contribution in [2.75, 3.05) is 13.2 Å². The van der Waals surface area contributed by atoms with E-state index in [9.17, 15) is 29.4 Å². The van der Waals surface area contributed by atoms with Gasteiger partial charge in [-0.25, -0.2) is 4.79 Å². The number of hydrogen-bond donors (Lipinski definition) is 8. The van der Waals surface area contributed by atoms with E-state index in [1.165, 1.54) is 0 Å². The van der Waals surface area contributed by atoms with Gasteiger partial charge >= 0.3 is 5.97 Å². The number of carboxylic acid groups (broad SMARTS) is 1. The molecule has 0 radical (unpaired) electrons. The number of nitrogens with two attached hydrogens (primary N) is 3. The fraction of sp³-hybridized carbons (Fsp3) is 0.762. The predicted molar refractivity (Wildman–Crippen MR) is 127 cm³/mol. The molecule has 11 N–H and O–H groups in total. The average molecular weight is 488 g/mol. The Hall–Kier alpha value is -2.93. The van der Waals surface area contributed by atoms with Crippen molar-refractivity contribution in [3.05, 3.63) is 0 Å². The highest BCUT2D eigenvalue weighted by Gasteiger charge is 2.30. The van der Waals surface area contributed by atoms with Gasteiger partial charge in [0.05, 0.1) is 12.6 Å². The molecule has 0 rings (SSSR count). The number of guanidine groups is 1. The lowest BCUT2D eigenvalue weighted by Crippen LogP contribution is -2.58. The van der Waals surface area contributed by atoms with Gasteiger partial charge in [0, 0.05) is 6.54 Å². The lowest BCUT2D eigenvalue weighted by Gasteiger charge is -2.25. The lowest BCUT2D eigenvalue weighted by atomic mass is 9.99. The molecule has 13 heteroatoms. The third-order valence-electron chi connectivity index (χ3n) is 5.28. The van der Waals surface area contributed by atoms with Gasteiger partial charge in [0.1, 0.15) is 18.1 Å². The minimum absolute atomic E-state index is 0.00000963. The topological polar surface area (TPSA) is 235 Å². The summed E-state index contributed by atoms with van der Waals surface area (Å²) < 4.78 is 0. The van der Waals surface area contributed by atoms with Gasteiger partial charge in [0.15, 0.2) is 5.96 Å². The van der Waals surface area contributed by atoms with Gasteiger partial charge in [-0.2, -0.15) is 0 Å². The summed E-state index contributed by atoms with van der Waals surface area (Å²) in [5, 5.41) is 26.3. The molecular formula is C21H41N7O6. The normalized spacial score (nSPS) is 15.4. The summed E-state index contributed by atoms with van der Waals surface area (Å²) in [5.74, 6) is -3.62. The molecule has 0 fully saturated rings. The second-order valence-corrected chi connectivity index (χ2v) is 8.69. The molecule has 13 nitrogen and oxygen atoms in total. The molecule has 34 heavy (non-hydrogen) atoms. The summed E-state index contributed by atoms with van der Waals surface area (Å²) in [6, 6.07) is -4.52. The van der Waals surface area contributed by atoms with Crippen molar-refractivity contribution < 1.29 is 29.4 Å². The van der Waals surface area contributed by atoms with E-state index in [0.717, 1.165) is 0 Å². The number of carboxylic acids is 1. The Morgan fingerprint density at radius 2 is 1.44 bits per heavy atom. The zero-order chi connectivity index (χ0) is 26.4. The number of nitrogens with one attached hydrogen (secondary N) is 3. The van der Waals surface area contributed by atoms with Crippen LogP contribution in [0.4, 0.5) is 0 Å². The number of aliphatic hydroxyl groups is 1. The van der Waals surface area contributed by atoms with Crippen LogP contribution in [0.2, 0.25) is 0 Å². The molecule has 5 atom stereocenters. The van der Waals surface area contributed by atoms with Crippen LogP contribution in [0.15, 0.2) is 4.99 Å². The summed E-state index contributed by atoms with van der Waals surface area (Å²) >= 11 is 0. The quantitative estimate of drug-likeness (QED) is 0.0681. The number of nitrogens with zero attached hydrogens (tertiary/aromatic N) is 1. The number of rotatable bonds is 16. The first kappa shape index (κ1) is 31.1. The molecule has 0 heterocycles. The first-order valence-electron chi connectivity index (χ1n) is 11.4. The van der Waals surface area contributed by atoms with E-state index in [1.807, 2.05) is 20.8 Å². The number of aliphatic imine (C=N–C) groups is 1. The van der Waals surface area contributed by atoms with Crippen LogP contribution < -0.4 is 33.2 Å². The Morgan fingerprint density at radius 1 is 0.912 bits per heavy atom. The molecule has 0 saturated carbocycles. The van der Waals surface area contributed by atoms with Gasteiger partial charge in [0.25, 0.3) is 0 Å². The van der Waals surface area contributed by atoms with Crippen molar-refractivity contribution in [3.8, 4) is 0 Å². The fourth-order valence-electron chi connectivity index (χ4n) is 2.98. The number of carbonyl (C=O) groups is 4. The molecule has 0 aliphatic rings. The van der Waals surface area contributed by atoms with Crippen LogP contribution in [0.5, 0.6) is 0 Å². The highest BCUT2D eigenvalue weighted by atomic mass is 16.4. The van der Waals surface area contributed by atoms with E-state index in [-0.39, 0.29) is 37.2 Å². The molecule has 0 spiro atoms. The molecule has 0 aromatic rings. The zero-order valence-corrected chi connectivity index (χ0v) is 20.4. The minimum atomic E-state index is -1.35. The van der Waals surface area contributed by atoms with Crippen LogP contribution in [-0.4, -0.2) is 77.2 Å². The van der Waals surface area contributed by atoms with E-state index in [4.69, 9.17) is 17.2 Å². The summed E-state index contributed by atoms with van der Waals surface area (Å²) in [7, 11) is 0. The Balaban J connectivity index is 5.44. The van der Waals surface area contributed by atoms with Crippen molar-refractivity contribution in [1.82, 2.24) is 16.0 Å². The fourth-order valence-corrected chi connectivity index (χ4v) is 2.98. The molecule has 0 aliphatic carbocycles. The largest absolute Gasteiger partial charge is 0.480 e. The molecular weight excluding hydrogens is 446 g/mol. The van der Waals surface area contributed by atoms with Gasteiger partial charge in [-0.05, 0) is 31.1 Å². The van der Waals surface area contributed by atoms with E-state index in [0.29, 0.717) is 12.8 Å². The van der Waals surface area contributed by atoms with Crippen molar-refractivity contribution in [2.45, 2.75) is 77.5 Å². The summed E-state index contributed by atoms with van der Waals surface area (Å²) in [6.45, 7) is 6.73. The van der Waals surface area contributed by atoms with E-state index >= 15 is 0 Å². The van der Waals surface area contributed by atoms with Gasteiger partial charge < -0.3 is 43.4 Å². The third kappa shape index (κ3) is 11.8. The maximum Gasteiger partial charge on any atom is 0.326 e. The Kier molecular flexibility index (Phi) is 14.5. The van der Waals surface area contributed by atoms with Crippen LogP contribution in [0.25, 0.3) is 0 Å². The SMILES string of the molecule is CCC(C)C(N)C(=O)NC(CO)C(=O)NC(CCCN=C(N)N)C(=O)NC(CC(C)C)C(=O)O. The Labute approximate surface area is 200 Å². The lowest BCUT2D eigenvalue weighted by molar-refractivity contribution is -0.143. The molecule has 0 aromatic carbocycles. The second-order valence-electron chi connectivity index (χ2n) is 8.69. The van der Waals surface area contributed by atoms with E-state index in [2.05, 4.69) is 20.9 Å². The van der Waals surface area contributed by atoms with Crippen molar-refractivity contribution in [2.24, 2.45) is 34.0 Å². The number of hydrogen-bond acceptors (Lipinski definition) is 7. The second kappa shape index (κ2) is 15.8. The average Bonchev–Trinajstić information content (AvgIpc) is 2.76. The number of aliphatic hydroxyl groups excluding tert-OH is 1. The van der Waals surface area contributed by atoms with Crippen molar-refractivity contribution in [3.63, 3.8) is 0 Å². The highest BCUT2D eigenvalue weighted by Crippen LogP contribution is 2.08. The Morgan fingerprint density at radius 3 is 1.91 bits per heavy atom. The summed E-state index contributed by atoms with van der Waals surface area (Å²) in [6.07, 6.45) is 1.22. The molecule has 5 unspecified atom stereocenters. The standard InChI is InChI=1S/C21H41N7O6/c1-5-12(4)16(22)19(32)28-15(10-29)18(31)26-13(7-6-8-25-21(23)24)17(30)27-14(20(33)34)9-11(2)3/h11-16,29H,5-10,22H2,1-4H3,(H,26,31)(H,27,30)(H,28,32)(H,33,34)(H4,23,24,25). The molecule has 3 amide bonds. The maximum absolute atomic E-state index is 12.8. The van der Waals surface area contributed by atoms with Crippen molar-refractivity contribution >= 4 is 29.7 Å². The monoisotopic (exact) mass is 487 g/mol. The van der Waals surface area contributed by atoms with Crippen LogP contribution in [0, 0.1) is 11.8 Å². The van der Waals surface area contributed by atoms with Gasteiger partial charge in [-0.3, -0.25) is 19.4 Å². The zero-order valence-electron chi connectivity index (χ0n) is 20.4. The van der Waals surface area contributed by atoms with Crippen molar-refractivity contribution in [1.29, 1.82) is 0 Å². The van der Waals surface area contributed by atoms with Gasteiger partial charge in [0.2, 0.25) is 17.7 Å². The number of amides is 3. The Bertz CT molecular complexity index is 712. The van der Waals surface area contributed by atoms with Gasteiger partial charge in [-0.1, -0.05) is 34.1 Å². The summed E-state index contributed by atoms with van der Waals surface area (Å²) in [4.78, 5) is 53.2. The molecule has 0 saturated heterocycles. The molecule has 0 bridgehead atoms.